The van der Waals surface area contributed by atoms with Crippen LogP contribution in [-0.2, 0) is 0 Å². The van der Waals surface area contributed by atoms with Gasteiger partial charge >= 0.3 is 0 Å². The normalized spacial score (nSPS) is 17.8. The van der Waals surface area contributed by atoms with E-state index in [9.17, 15) is 0 Å². The van der Waals surface area contributed by atoms with Crippen molar-refractivity contribution in [1.29, 1.82) is 0 Å². The zero-order valence-electron chi connectivity index (χ0n) is 10.8. The summed E-state index contributed by atoms with van der Waals surface area (Å²) in [4.78, 5) is 6.74. The van der Waals surface area contributed by atoms with Gasteiger partial charge < -0.3 is 10.2 Å². The van der Waals surface area contributed by atoms with Gasteiger partial charge in [0.25, 0.3) is 0 Å². The molecule has 1 aromatic carbocycles. The summed E-state index contributed by atoms with van der Waals surface area (Å²) in [5, 5.41) is 4.40. The summed E-state index contributed by atoms with van der Waals surface area (Å²) < 4.78 is 0. The summed E-state index contributed by atoms with van der Waals surface area (Å²) >= 11 is 1.78. The Morgan fingerprint density at radius 1 is 1.35 bits per heavy atom. The van der Waals surface area contributed by atoms with Gasteiger partial charge in [-0.1, -0.05) is 17.8 Å². The molecule has 0 aliphatic carbocycles. The van der Waals surface area contributed by atoms with Gasteiger partial charge in [0.2, 0.25) is 0 Å². The van der Waals surface area contributed by atoms with Gasteiger partial charge in [-0.15, -0.1) is 0 Å². The molecule has 1 aliphatic rings. The van der Waals surface area contributed by atoms with Crippen LogP contribution < -0.4 is 10.2 Å². The quantitative estimate of drug-likeness (QED) is 0.873. The number of nitrogens with zero attached hydrogens (tertiary/aromatic N) is 2. The second kappa shape index (κ2) is 4.61. The fourth-order valence-corrected chi connectivity index (χ4v) is 2.69. The second-order valence-corrected chi connectivity index (χ2v) is 6.05. The highest BCUT2D eigenvalue weighted by Gasteiger charge is 2.25. The number of thioether (sulfide) groups is 1. The van der Waals surface area contributed by atoms with Crippen LogP contribution in [0.25, 0.3) is 0 Å². The van der Waals surface area contributed by atoms with Crippen LogP contribution in [0.5, 0.6) is 0 Å². The van der Waals surface area contributed by atoms with Crippen molar-refractivity contribution < 1.29 is 0 Å². The van der Waals surface area contributed by atoms with Crippen molar-refractivity contribution in [2.45, 2.75) is 19.4 Å². The van der Waals surface area contributed by atoms with E-state index >= 15 is 0 Å². The third-order valence-electron chi connectivity index (χ3n) is 2.58. The van der Waals surface area contributed by atoms with Crippen LogP contribution in [0.1, 0.15) is 13.8 Å². The molecule has 0 saturated carbocycles. The van der Waals surface area contributed by atoms with E-state index in [0.717, 1.165) is 16.6 Å². The first-order valence-corrected chi connectivity index (χ1v) is 6.72. The van der Waals surface area contributed by atoms with Gasteiger partial charge in [0.15, 0.2) is 5.17 Å². The average Bonchev–Trinajstić information content (AvgIpc) is 2.58. The summed E-state index contributed by atoms with van der Waals surface area (Å²) in [6.07, 6.45) is 0. The van der Waals surface area contributed by atoms with Crippen LogP contribution in [0, 0.1) is 0 Å². The Morgan fingerprint density at radius 2 is 2.12 bits per heavy atom. The van der Waals surface area contributed by atoms with E-state index in [1.807, 2.05) is 14.1 Å². The number of anilines is 2. The molecule has 0 unspecified atom stereocenters. The molecule has 0 spiro atoms. The molecular formula is C13H19N3S. The Hall–Kier alpha value is -1.16. The number of rotatable bonds is 2. The lowest BCUT2D eigenvalue weighted by molar-refractivity contribution is 0.605. The van der Waals surface area contributed by atoms with Gasteiger partial charge in [-0.3, -0.25) is 4.99 Å². The SMILES string of the molecule is CN(C)c1cccc(NC2=NC(C)(C)CS2)c1. The van der Waals surface area contributed by atoms with Crippen LogP contribution in [0.2, 0.25) is 0 Å². The molecule has 92 valence electrons. The Balaban J connectivity index is 2.12. The first kappa shape index (κ1) is 12.3. The zero-order valence-corrected chi connectivity index (χ0v) is 11.6. The first-order valence-electron chi connectivity index (χ1n) is 5.73. The Bertz CT molecular complexity index is 438. The monoisotopic (exact) mass is 249 g/mol. The molecule has 1 heterocycles. The Morgan fingerprint density at radius 3 is 2.71 bits per heavy atom. The molecule has 3 nitrogen and oxygen atoms in total. The number of hydrogen-bond donors (Lipinski definition) is 1. The third-order valence-corrected chi connectivity index (χ3v) is 3.90. The van der Waals surface area contributed by atoms with Gasteiger partial charge in [0.05, 0.1) is 5.54 Å². The van der Waals surface area contributed by atoms with Crippen molar-refractivity contribution in [2.24, 2.45) is 4.99 Å². The fourth-order valence-electron chi connectivity index (χ4n) is 1.63. The molecule has 0 radical (unpaired) electrons. The minimum Gasteiger partial charge on any atom is -0.378 e. The van der Waals surface area contributed by atoms with Crippen molar-refractivity contribution in [2.75, 3.05) is 30.1 Å². The standard InChI is InChI=1S/C13H19N3S/c1-13(2)9-17-12(15-13)14-10-6-5-7-11(8-10)16(3)4/h5-8H,9H2,1-4H3,(H,14,15). The van der Waals surface area contributed by atoms with Crippen LogP contribution in [-0.4, -0.2) is 30.6 Å². The number of aliphatic imine (C=N–C) groups is 1. The van der Waals surface area contributed by atoms with Crippen molar-refractivity contribution in [1.82, 2.24) is 0 Å². The minimum atomic E-state index is 0.0617. The van der Waals surface area contributed by atoms with E-state index in [2.05, 4.69) is 53.3 Å². The van der Waals surface area contributed by atoms with Crippen LogP contribution in [0.4, 0.5) is 11.4 Å². The number of amidine groups is 1. The van der Waals surface area contributed by atoms with E-state index in [0.29, 0.717) is 0 Å². The largest absolute Gasteiger partial charge is 0.378 e. The maximum Gasteiger partial charge on any atom is 0.161 e. The number of hydrogen-bond acceptors (Lipinski definition) is 4. The summed E-state index contributed by atoms with van der Waals surface area (Å²) in [6.45, 7) is 4.32. The van der Waals surface area contributed by atoms with Gasteiger partial charge in [0, 0.05) is 31.2 Å². The fraction of sp³-hybridized carbons (Fsp3) is 0.462. The summed E-state index contributed by atoms with van der Waals surface area (Å²) in [7, 11) is 4.09. The highest BCUT2D eigenvalue weighted by molar-refractivity contribution is 8.14. The molecule has 0 atom stereocenters. The van der Waals surface area contributed by atoms with E-state index in [4.69, 9.17) is 0 Å². The maximum absolute atomic E-state index is 4.65. The molecule has 4 heteroatoms. The third kappa shape index (κ3) is 3.16. The maximum atomic E-state index is 4.65. The molecular weight excluding hydrogens is 230 g/mol. The Labute approximate surface area is 107 Å². The Kier molecular flexibility index (Phi) is 3.33. The van der Waals surface area contributed by atoms with Crippen molar-refractivity contribution in [3.63, 3.8) is 0 Å². The summed E-state index contributed by atoms with van der Waals surface area (Å²) in [5.41, 5.74) is 2.35. The smallest absolute Gasteiger partial charge is 0.161 e. The molecule has 1 aliphatic heterocycles. The van der Waals surface area contributed by atoms with E-state index < -0.39 is 0 Å². The molecule has 0 bridgehead atoms. The van der Waals surface area contributed by atoms with Crippen molar-refractivity contribution in [3.05, 3.63) is 24.3 Å². The first-order chi connectivity index (χ1) is 7.96. The van der Waals surface area contributed by atoms with Crippen LogP contribution in [0.3, 0.4) is 0 Å². The van der Waals surface area contributed by atoms with E-state index in [1.54, 1.807) is 11.8 Å². The summed E-state index contributed by atoms with van der Waals surface area (Å²) in [6, 6.07) is 8.36. The van der Waals surface area contributed by atoms with Crippen molar-refractivity contribution >= 4 is 28.3 Å². The topological polar surface area (TPSA) is 27.6 Å². The lowest BCUT2D eigenvalue weighted by atomic mass is 10.1. The van der Waals surface area contributed by atoms with Gasteiger partial charge in [0.1, 0.15) is 0 Å². The van der Waals surface area contributed by atoms with Crippen LogP contribution in [0.15, 0.2) is 29.3 Å². The molecule has 0 aromatic heterocycles. The van der Waals surface area contributed by atoms with Gasteiger partial charge in [-0.05, 0) is 32.0 Å². The molecule has 1 N–H and O–H groups in total. The molecule has 1 aromatic rings. The lowest BCUT2D eigenvalue weighted by Gasteiger charge is -2.14. The number of nitrogens with one attached hydrogen (secondary N) is 1. The number of benzene rings is 1. The molecule has 2 rings (SSSR count). The molecule has 0 saturated heterocycles. The predicted molar refractivity (Wildman–Crippen MR) is 78.4 cm³/mol. The zero-order chi connectivity index (χ0) is 12.5. The van der Waals surface area contributed by atoms with E-state index in [-0.39, 0.29) is 5.54 Å². The predicted octanol–water partition coefficient (Wildman–Crippen LogP) is 3.05. The van der Waals surface area contributed by atoms with Gasteiger partial charge in [-0.25, -0.2) is 0 Å². The average molecular weight is 249 g/mol. The van der Waals surface area contributed by atoms with E-state index in [1.165, 1.54) is 5.69 Å². The highest BCUT2D eigenvalue weighted by atomic mass is 32.2. The molecule has 0 amide bonds. The highest BCUT2D eigenvalue weighted by Crippen LogP contribution is 2.28. The molecule has 17 heavy (non-hydrogen) atoms. The summed E-state index contributed by atoms with van der Waals surface area (Å²) in [5.74, 6) is 1.04. The van der Waals surface area contributed by atoms with Crippen molar-refractivity contribution in [3.8, 4) is 0 Å². The van der Waals surface area contributed by atoms with Gasteiger partial charge in [-0.2, -0.15) is 0 Å². The molecule has 0 fully saturated rings. The van der Waals surface area contributed by atoms with Crippen LogP contribution >= 0.6 is 11.8 Å². The second-order valence-electron chi connectivity index (χ2n) is 5.09. The minimum absolute atomic E-state index is 0.0617. The lowest BCUT2D eigenvalue weighted by Crippen LogP contribution is -2.15.